The van der Waals surface area contributed by atoms with E-state index in [4.69, 9.17) is 0 Å². The molecule has 1 nitrogen and oxygen atoms in total. The summed E-state index contributed by atoms with van der Waals surface area (Å²) in [4.78, 5) is 0. The average molecular weight is 483 g/mol. The van der Waals surface area contributed by atoms with Gasteiger partial charge in [-0.2, -0.15) is 24.5 Å². The Balaban J connectivity index is 0.00000180. The Kier molecular flexibility index (Phi) is 6.50. The quantitative estimate of drug-likeness (QED) is 0.502. The molecule has 0 bridgehead atoms. The Morgan fingerprint density at radius 2 is 2.26 bits per heavy atom. The molecule has 0 radical (unpaired) electrons. The van der Waals surface area contributed by atoms with E-state index in [2.05, 4.69) is 31.3 Å². The summed E-state index contributed by atoms with van der Waals surface area (Å²) in [6.07, 6.45) is 6.72. The van der Waals surface area contributed by atoms with Gasteiger partial charge in [0.15, 0.2) is 0 Å². The van der Waals surface area contributed by atoms with Crippen molar-refractivity contribution in [2.45, 2.75) is 32.2 Å². The van der Waals surface area contributed by atoms with Gasteiger partial charge >= 0.3 is 31.1 Å². The van der Waals surface area contributed by atoms with Crippen molar-refractivity contribution in [3.63, 3.8) is 0 Å². The van der Waals surface area contributed by atoms with Gasteiger partial charge in [0.1, 0.15) is 0 Å². The van der Waals surface area contributed by atoms with Crippen LogP contribution in [0.15, 0.2) is 24.8 Å². The van der Waals surface area contributed by atoms with Gasteiger partial charge in [-0.05, 0) is 24.1 Å². The number of anilines is 1. The third-order valence-corrected chi connectivity index (χ3v) is 3.55. The summed E-state index contributed by atoms with van der Waals surface area (Å²) < 4.78 is 14.0. The zero-order valence-corrected chi connectivity index (χ0v) is 15.5. The largest absolute Gasteiger partial charge is 2.00 e. The fourth-order valence-corrected chi connectivity index (χ4v) is 2.51. The van der Waals surface area contributed by atoms with Gasteiger partial charge in [0.25, 0.3) is 0 Å². The molecule has 0 aliphatic carbocycles. The molecule has 2 atom stereocenters. The fraction of sp³-hybridized carbons (Fsp3) is 0.375. The number of hydrogen-bond acceptors (Lipinski definition) is 1. The molecule has 1 aromatic carbocycles. The predicted octanol–water partition coefficient (Wildman–Crippen LogP) is 4.15. The Hall–Kier alpha value is -0.388. The van der Waals surface area contributed by atoms with E-state index in [0.29, 0.717) is 11.6 Å². The smallest absolute Gasteiger partial charge is 0.428 e. The minimum Gasteiger partial charge on any atom is -0.428 e. The molecule has 0 spiro atoms. The number of nitrogens with one attached hydrogen (secondary N) is 1. The van der Waals surface area contributed by atoms with E-state index in [9.17, 15) is 4.39 Å². The Morgan fingerprint density at radius 1 is 1.53 bits per heavy atom. The van der Waals surface area contributed by atoms with E-state index in [-0.39, 0.29) is 43.0 Å². The Bertz CT molecular complexity index is 445. The predicted molar refractivity (Wildman–Crippen MR) is 74.9 cm³/mol. The summed E-state index contributed by atoms with van der Waals surface area (Å²) in [5, 5.41) is 3.25. The molecule has 1 heterocycles. The molecule has 3 heteroatoms. The van der Waals surface area contributed by atoms with Gasteiger partial charge in [-0.15, -0.1) is 12.1 Å². The molecule has 0 amide bonds. The maximum Gasteiger partial charge on any atom is 2.00 e. The van der Waals surface area contributed by atoms with Crippen LogP contribution >= 0.6 is 0 Å². The van der Waals surface area contributed by atoms with Gasteiger partial charge in [0.05, 0.1) is 5.82 Å². The van der Waals surface area contributed by atoms with Gasteiger partial charge < -0.3 is 12.2 Å². The first-order valence-corrected chi connectivity index (χ1v) is 6.55. The van der Waals surface area contributed by atoms with Crippen LogP contribution in [0.4, 0.5) is 10.1 Å². The van der Waals surface area contributed by atoms with Crippen LogP contribution in [0.25, 0.3) is 0 Å². The molecule has 1 aliphatic rings. The summed E-state index contributed by atoms with van der Waals surface area (Å²) in [6, 6.07) is 3.78. The van der Waals surface area contributed by atoms with Gasteiger partial charge in [-0.3, -0.25) is 0 Å². The zero-order valence-electron chi connectivity index (χ0n) is 11.4. The first-order chi connectivity index (χ1) is 8.69. The summed E-state index contributed by atoms with van der Waals surface area (Å²) in [6.45, 7) is 9.77. The van der Waals surface area contributed by atoms with Crippen molar-refractivity contribution in [3.05, 3.63) is 55.1 Å². The molecule has 0 fully saturated rings. The first-order valence-electron chi connectivity index (χ1n) is 6.55. The van der Waals surface area contributed by atoms with E-state index in [1.807, 2.05) is 13.0 Å². The van der Waals surface area contributed by atoms with Gasteiger partial charge in [0.2, 0.25) is 0 Å². The van der Waals surface area contributed by atoms with Crippen molar-refractivity contribution >= 4 is 5.69 Å². The van der Waals surface area contributed by atoms with E-state index in [1.165, 1.54) is 0 Å². The Labute approximate surface area is 139 Å². The summed E-state index contributed by atoms with van der Waals surface area (Å²) in [7, 11) is 0. The van der Waals surface area contributed by atoms with Crippen LogP contribution in [0, 0.1) is 56.2 Å². The first kappa shape index (κ1) is 16.7. The number of halogens is 1. The minimum atomic E-state index is -0.166. The molecule has 19 heavy (non-hydrogen) atoms. The second-order valence-corrected chi connectivity index (χ2v) is 4.77. The third kappa shape index (κ3) is 3.58. The minimum absolute atomic E-state index is 0. The number of rotatable bonds is 4. The van der Waals surface area contributed by atoms with Gasteiger partial charge in [0, 0.05) is 6.04 Å². The Morgan fingerprint density at radius 3 is 2.84 bits per heavy atom. The molecular weight excluding hydrogens is 463 g/mol. The van der Waals surface area contributed by atoms with Crippen molar-refractivity contribution in [2.24, 2.45) is 5.92 Å². The van der Waals surface area contributed by atoms with E-state index in [0.717, 1.165) is 30.4 Å². The normalized spacial score (nSPS) is 20.6. The molecule has 2 rings (SSSR count). The molecule has 1 aliphatic heterocycles. The second kappa shape index (κ2) is 7.41. The molecule has 100 valence electrons. The van der Waals surface area contributed by atoms with Crippen molar-refractivity contribution in [1.82, 2.24) is 0 Å². The number of fused-ring (bicyclic) bond motifs is 1. The van der Waals surface area contributed by atoms with E-state index in [1.54, 1.807) is 6.07 Å². The number of aryl methyl sites for hydroxylation is 1. The molecule has 0 saturated heterocycles. The monoisotopic (exact) mass is 483 g/mol. The standard InChI is InChI=1S/C16H20FN.U/c1-4-7-12-10-13-8-11(5-2)9-14(17)16(13)18-15(12)6-3;/h6,8-10,12,15,18H,1,3-5,7H2,2H3;/q-2;+2/t12-,15+;/m1./s1. The van der Waals surface area contributed by atoms with Crippen molar-refractivity contribution in [1.29, 1.82) is 0 Å². The molecule has 0 aromatic heterocycles. The SMILES string of the molecule is C=C[C@@H]1Nc2c(F)cc(CC)cc2[CH-][C@H]1CC[CH2-].[U+2]. The van der Waals surface area contributed by atoms with E-state index < -0.39 is 0 Å². The average Bonchev–Trinajstić information content (AvgIpc) is 2.38. The van der Waals surface area contributed by atoms with E-state index >= 15 is 0 Å². The summed E-state index contributed by atoms with van der Waals surface area (Å²) >= 11 is 0. The summed E-state index contributed by atoms with van der Waals surface area (Å²) in [5.41, 5.74) is 2.62. The fourth-order valence-electron chi connectivity index (χ4n) is 2.51. The van der Waals surface area contributed by atoms with Crippen molar-refractivity contribution < 1.29 is 35.5 Å². The van der Waals surface area contributed by atoms with Gasteiger partial charge in [-0.25, -0.2) is 4.39 Å². The van der Waals surface area contributed by atoms with Crippen molar-refractivity contribution in [3.8, 4) is 0 Å². The molecular formula is C16H20FNU. The molecule has 1 aromatic rings. The van der Waals surface area contributed by atoms with Crippen LogP contribution in [-0.4, -0.2) is 6.04 Å². The number of benzene rings is 1. The zero-order chi connectivity index (χ0) is 13.1. The van der Waals surface area contributed by atoms with Crippen molar-refractivity contribution in [2.75, 3.05) is 5.32 Å². The third-order valence-electron chi connectivity index (χ3n) is 3.55. The van der Waals surface area contributed by atoms with Gasteiger partial charge in [-0.1, -0.05) is 19.4 Å². The molecule has 0 saturated carbocycles. The van der Waals surface area contributed by atoms with Crippen LogP contribution in [0.3, 0.4) is 0 Å². The maximum atomic E-state index is 14.0. The molecule has 1 N–H and O–H groups in total. The topological polar surface area (TPSA) is 12.0 Å². The summed E-state index contributed by atoms with van der Waals surface area (Å²) in [5.74, 6) is 0.180. The maximum absolute atomic E-state index is 14.0. The van der Waals surface area contributed by atoms with Crippen LogP contribution < -0.4 is 5.32 Å². The van der Waals surface area contributed by atoms with Crippen LogP contribution in [-0.2, 0) is 6.42 Å². The van der Waals surface area contributed by atoms with Crippen LogP contribution in [0.1, 0.15) is 30.9 Å². The second-order valence-electron chi connectivity index (χ2n) is 4.77. The molecule has 0 unspecified atom stereocenters. The number of hydrogen-bond donors (Lipinski definition) is 1. The van der Waals surface area contributed by atoms with Crippen LogP contribution in [0.5, 0.6) is 0 Å². The van der Waals surface area contributed by atoms with Crippen LogP contribution in [0.2, 0.25) is 0 Å².